The van der Waals surface area contributed by atoms with Gasteiger partial charge in [-0.2, -0.15) is 0 Å². The average molecular weight is 368 g/mol. The number of esters is 1. The van der Waals surface area contributed by atoms with Gasteiger partial charge in [0, 0.05) is 5.56 Å². The van der Waals surface area contributed by atoms with Gasteiger partial charge in [-0.3, -0.25) is 4.79 Å². The fourth-order valence-electron chi connectivity index (χ4n) is 3.71. The van der Waals surface area contributed by atoms with Crippen LogP contribution in [0.3, 0.4) is 0 Å². The van der Waals surface area contributed by atoms with Crippen molar-refractivity contribution in [2.75, 3.05) is 0 Å². The molecule has 5 heteroatoms. The molecule has 0 spiro atoms. The van der Waals surface area contributed by atoms with Gasteiger partial charge in [0.2, 0.25) is 0 Å². The number of ether oxygens (including phenoxy) is 1. The van der Waals surface area contributed by atoms with E-state index in [1.54, 1.807) is 12.1 Å². The summed E-state index contributed by atoms with van der Waals surface area (Å²) < 4.78 is 5.58. The van der Waals surface area contributed by atoms with Crippen molar-refractivity contribution in [3.63, 3.8) is 0 Å². The second-order valence-corrected chi connectivity index (χ2v) is 7.42. The second-order valence-electron chi connectivity index (χ2n) is 7.42. The van der Waals surface area contributed by atoms with Crippen molar-refractivity contribution in [2.45, 2.75) is 58.3 Å². The highest BCUT2D eigenvalue weighted by molar-refractivity contribution is 5.75. The van der Waals surface area contributed by atoms with Crippen LogP contribution in [-0.2, 0) is 4.79 Å². The Kier molecular flexibility index (Phi) is 6.80. The normalized spacial score (nSPS) is 19.6. The summed E-state index contributed by atoms with van der Waals surface area (Å²) >= 11 is 0. The zero-order chi connectivity index (χ0) is 19.1. The van der Waals surface area contributed by atoms with Gasteiger partial charge in [-0.15, -0.1) is 0 Å². The van der Waals surface area contributed by atoms with Crippen molar-refractivity contribution in [1.82, 2.24) is 9.97 Å². The van der Waals surface area contributed by atoms with Crippen molar-refractivity contribution >= 4 is 5.97 Å². The summed E-state index contributed by atoms with van der Waals surface area (Å²) in [6, 6.07) is 7.17. The minimum Gasteiger partial charge on any atom is -0.505 e. The van der Waals surface area contributed by atoms with Crippen molar-refractivity contribution < 1.29 is 14.6 Å². The quantitative estimate of drug-likeness (QED) is 0.416. The molecule has 0 aliphatic heterocycles. The van der Waals surface area contributed by atoms with E-state index in [9.17, 15) is 9.90 Å². The largest absolute Gasteiger partial charge is 0.505 e. The highest BCUT2D eigenvalue weighted by atomic mass is 16.5. The molecule has 1 fully saturated rings. The van der Waals surface area contributed by atoms with Gasteiger partial charge >= 0.3 is 5.97 Å². The summed E-state index contributed by atoms with van der Waals surface area (Å²) in [5.41, 5.74) is 0.808. The van der Waals surface area contributed by atoms with Crippen LogP contribution in [0.5, 0.6) is 11.5 Å². The summed E-state index contributed by atoms with van der Waals surface area (Å²) in [5.74, 6) is 1.79. The first-order chi connectivity index (χ1) is 13.2. The van der Waals surface area contributed by atoms with Gasteiger partial charge in [-0.1, -0.05) is 32.6 Å². The van der Waals surface area contributed by atoms with E-state index in [-0.39, 0.29) is 17.6 Å². The number of nitrogens with zero attached hydrogens (tertiary/aromatic N) is 2. The monoisotopic (exact) mass is 368 g/mol. The SMILES string of the molecule is CCCCCC1CCC(C(=O)Oc2ccc(-c3ncc(O)cn3)cc2)CC1. The van der Waals surface area contributed by atoms with Gasteiger partial charge in [0.25, 0.3) is 0 Å². The molecule has 5 nitrogen and oxygen atoms in total. The third-order valence-electron chi connectivity index (χ3n) is 5.37. The molecule has 1 N–H and O–H groups in total. The lowest BCUT2D eigenvalue weighted by Crippen LogP contribution is -2.25. The zero-order valence-electron chi connectivity index (χ0n) is 15.9. The molecule has 27 heavy (non-hydrogen) atoms. The molecule has 1 saturated carbocycles. The standard InChI is InChI=1S/C22H28N2O3/c1-2-3-4-5-16-6-8-18(9-7-16)22(26)27-20-12-10-17(11-13-20)21-23-14-19(25)15-24-21/h10-16,18,25H,2-9H2,1H3. The Hall–Kier alpha value is -2.43. The van der Waals surface area contributed by atoms with Crippen LogP contribution in [0.4, 0.5) is 0 Å². The van der Waals surface area contributed by atoms with Gasteiger partial charge in [0.1, 0.15) is 5.75 Å². The van der Waals surface area contributed by atoms with Crippen LogP contribution < -0.4 is 4.74 Å². The number of benzene rings is 1. The fourth-order valence-corrected chi connectivity index (χ4v) is 3.71. The molecule has 0 atom stereocenters. The van der Waals surface area contributed by atoms with Crippen LogP contribution in [-0.4, -0.2) is 21.0 Å². The first kappa shape index (κ1) is 19.3. The maximum Gasteiger partial charge on any atom is 0.314 e. The summed E-state index contributed by atoms with van der Waals surface area (Å²) in [4.78, 5) is 20.6. The summed E-state index contributed by atoms with van der Waals surface area (Å²) in [7, 11) is 0. The Bertz CT molecular complexity index is 720. The fraction of sp³-hybridized carbons (Fsp3) is 0.500. The smallest absolute Gasteiger partial charge is 0.314 e. The van der Waals surface area contributed by atoms with E-state index in [0.29, 0.717) is 11.6 Å². The minimum atomic E-state index is -0.115. The highest BCUT2D eigenvalue weighted by Crippen LogP contribution is 2.33. The lowest BCUT2D eigenvalue weighted by molar-refractivity contribution is -0.140. The molecule has 0 bridgehead atoms. The Morgan fingerprint density at radius 3 is 2.37 bits per heavy atom. The molecule has 0 amide bonds. The summed E-state index contributed by atoms with van der Waals surface area (Å²) in [5, 5.41) is 9.26. The molecular formula is C22H28N2O3. The molecule has 1 heterocycles. The van der Waals surface area contributed by atoms with Crippen LogP contribution in [0.2, 0.25) is 0 Å². The van der Waals surface area contributed by atoms with E-state index >= 15 is 0 Å². The maximum atomic E-state index is 12.5. The van der Waals surface area contributed by atoms with Crippen molar-refractivity contribution in [1.29, 1.82) is 0 Å². The number of aromatic hydroxyl groups is 1. The lowest BCUT2D eigenvalue weighted by atomic mass is 9.80. The van der Waals surface area contributed by atoms with E-state index in [4.69, 9.17) is 4.74 Å². The molecule has 3 rings (SSSR count). The van der Waals surface area contributed by atoms with E-state index in [1.165, 1.54) is 38.1 Å². The molecule has 144 valence electrons. The van der Waals surface area contributed by atoms with Gasteiger partial charge in [0.15, 0.2) is 11.6 Å². The topological polar surface area (TPSA) is 72.3 Å². The second kappa shape index (κ2) is 9.49. The summed E-state index contributed by atoms with van der Waals surface area (Å²) in [6.07, 6.45) is 12.1. The molecular weight excluding hydrogens is 340 g/mol. The lowest BCUT2D eigenvalue weighted by Gasteiger charge is -2.27. The number of hydrogen-bond acceptors (Lipinski definition) is 5. The maximum absolute atomic E-state index is 12.5. The van der Waals surface area contributed by atoms with Crippen LogP contribution in [0, 0.1) is 11.8 Å². The minimum absolute atomic E-state index is 0.0209. The predicted molar refractivity (Wildman–Crippen MR) is 104 cm³/mol. The number of aromatic nitrogens is 2. The zero-order valence-corrected chi connectivity index (χ0v) is 15.9. The van der Waals surface area contributed by atoms with Crippen molar-refractivity contribution in [2.24, 2.45) is 11.8 Å². The van der Waals surface area contributed by atoms with Crippen molar-refractivity contribution in [3.8, 4) is 22.9 Å². The van der Waals surface area contributed by atoms with Crippen LogP contribution in [0.15, 0.2) is 36.7 Å². The first-order valence-corrected chi connectivity index (χ1v) is 9.99. The molecule has 0 radical (unpaired) electrons. The molecule has 1 aliphatic rings. The van der Waals surface area contributed by atoms with E-state index in [2.05, 4.69) is 16.9 Å². The van der Waals surface area contributed by atoms with Crippen LogP contribution >= 0.6 is 0 Å². The number of carbonyl (C=O) groups excluding carboxylic acids is 1. The van der Waals surface area contributed by atoms with Gasteiger partial charge in [0.05, 0.1) is 18.3 Å². The molecule has 1 aromatic heterocycles. The average Bonchev–Trinajstić information content (AvgIpc) is 2.70. The Morgan fingerprint density at radius 2 is 1.74 bits per heavy atom. The van der Waals surface area contributed by atoms with Crippen LogP contribution in [0.25, 0.3) is 11.4 Å². The summed E-state index contributed by atoms with van der Waals surface area (Å²) in [6.45, 7) is 2.23. The van der Waals surface area contributed by atoms with Gasteiger partial charge < -0.3 is 9.84 Å². The molecule has 1 aliphatic carbocycles. The van der Waals surface area contributed by atoms with E-state index in [1.807, 2.05) is 12.1 Å². The van der Waals surface area contributed by atoms with Crippen LogP contribution in [0.1, 0.15) is 58.3 Å². The Balaban J connectivity index is 1.49. The number of hydrogen-bond donors (Lipinski definition) is 1. The Labute approximate surface area is 160 Å². The highest BCUT2D eigenvalue weighted by Gasteiger charge is 2.27. The van der Waals surface area contributed by atoms with Gasteiger partial charge in [-0.25, -0.2) is 9.97 Å². The first-order valence-electron chi connectivity index (χ1n) is 9.99. The van der Waals surface area contributed by atoms with E-state index in [0.717, 1.165) is 37.2 Å². The van der Waals surface area contributed by atoms with E-state index < -0.39 is 0 Å². The third kappa shape index (κ3) is 5.52. The molecule has 0 unspecified atom stereocenters. The van der Waals surface area contributed by atoms with Gasteiger partial charge in [-0.05, 0) is 55.9 Å². The molecule has 2 aromatic rings. The molecule has 0 saturated heterocycles. The van der Waals surface area contributed by atoms with Crippen molar-refractivity contribution in [3.05, 3.63) is 36.7 Å². The molecule has 1 aromatic carbocycles. The Morgan fingerprint density at radius 1 is 1.07 bits per heavy atom. The third-order valence-corrected chi connectivity index (χ3v) is 5.37. The predicted octanol–water partition coefficient (Wildman–Crippen LogP) is 5.14. The number of rotatable bonds is 7. The number of unbranched alkanes of at least 4 members (excludes halogenated alkanes) is 2. The number of carbonyl (C=O) groups is 1.